The number of benzene rings is 2. The van der Waals surface area contributed by atoms with Gasteiger partial charge >= 0.3 is 5.91 Å². The van der Waals surface area contributed by atoms with Gasteiger partial charge in [0.1, 0.15) is 5.82 Å². The van der Waals surface area contributed by atoms with E-state index < -0.39 is 5.91 Å². The van der Waals surface area contributed by atoms with Crippen molar-refractivity contribution in [3.63, 3.8) is 0 Å². The Morgan fingerprint density at radius 3 is 2.58 bits per heavy atom. The fraction of sp³-hybridized carbons (Fsp3) is 0. The van der Waals surface area contributed by atoms with Gasteiger partial charge in [-0.1, -0.05) is 24.1 Å². The Morgan fingerprint density at radius 1 is 1.16 bits per heavy atom. The molecule has 0 fully saturated rings. The minimum atomic E-state index is -0.442. The van der Waals surface area contributed by atoms with E-state index >= 15 is 0 Å². The largest absolute Gasteiger partial charge is 0.315 e. The van der Waals surface area contributed by atoms with Crippen molar-refractivity contribution in [1.29, 1.82) is 0 Å². The van der Waals surface area contributed by atoms with Gasteiger partial charge in [-0.15, -0.1) is 0 Å². The average molecular weight is 318 g/mol. The minimum absolute atomic E-state index is 0.293. The molecule has 0 aliphatic heterocycles. The summed E-state index contributed by atoms with van der Waals surface area (Å²) in [6.07, 6.45) is 0. The Morgan fingerprint density at radius 2 is 1.89 bits per heavy atom. The van der Waals surface area contributed by atoms with E-state index in [9.17, 15) is 9.18 Å². The summed E-state index contributed by atoms with van der Waals surface area (Å²) in [4.78, 5) is 11.6. The van der Waals surface area contributed by atoms with Gasteiger partial charge in [-0.05, 0) is 46.3 Å². The fourth-order valence-electron chi connectivity index (χ4n) is 1.39. The number of amides is 1. The topological polar surface area (TPSA) is 29.1 Å². The number of hydrogen-bond acceptors (Lipinski definition) is 1. The molecule has 2 aromatic rings. The van der Waals surface area contributed by atoms with Gasteiger partial charge in [-0.25, -0.2) is 4.39 Å². The van der Waals surface area contributed by atoms with Crippen LogP contribution < -0.4 is 5.32 Å². The minimum Gasteiger partial charge on any atom is -0.315 e. The molecule has 0 heterocycles. The summed E-state index contributed by atoms with van der Waals surface area (Å²) in [6, 6.07) is 13.4. The van der Waals surface area contributed by atoms with Gasteiger partial charge in [0, 0.05) is 17.2 Å². The summed E-state index contributed by atoms with van der Waals surface area (Å²) < 4.78 is 13.3. The summed E-state index contributed by atoms with van der Waals surface area (Å²) in [5, 5.41) is 2.57. The summed E-state index contributed by atoms with van der Waals surface area (Å²) >= 11 is 3.05. The van der Waals surface area contributed by atoms with E-state index in [0.29, 0.717) is 10.2 Å². The van der Waals surface area contributed by atoms with Crippen molar-refractivity contribution < 1.29 is 9.18 Å². The maximum Gasteiger partial charge on any atom is 0.300 e. The molecule has 2 aromatic carbocycles. The molecular weight excluding hydrogens is 309 g/mol. The maximum atomic E-state index is 13.0. The molecule has 0 bridgehead atoms. The summed E-state index contributed by atoms with van der Waals surface area (Å²) in [5.74, 6) is 4.39. The third-order valence-corrected chi connectivity index (χ3v) is 2.88. The second kappa shape index (κ2) is 6.17. The van der Waals surface area contributed by atoms with Gasteiger partial charge in [0.25, 0.3) is 0 Å². The molecule has 0 spiro atoms. The van der Waals surface area contributed by atoms with Crippen molar-refractivity contribution in [2.45, 2.75) is 0 Å². The number of nitrogens with one attached hydrogen (secondary N) is 1. The van der Waals surface area contributed by atoms with Gasteiger partial charge in [0.05, 0.1) is 4.47 Å². The molecule has 1 N–H and O–H groups in total. The van der Waals surface area contributed by atoms with Gasteiger partial charge in [0.15, 0.2) is 0 Å². The van der Waals surface area contributed by atoms with E-state index in [4.69, 9.17) is 0 Å². The first kappa shape index (κ1) is 13.3. The Bertz CT molecular complexity index is 659. The maximum absolute atomic E-state index is 13.0. The molecule has 0 aliphatic carbocycles. The molecule has 0 unspecified atom stereocenters. The van der Waals surface area contributed by atoms with Crippen LogP contribution in [0.15, 0.2) is 53.0 Å². The number of halogens is 2. The standard InChI is InChI=1S/C15H9BrFNO/c16-13-10-12(7-8-14(13)17)18-15(19)9-6-11-4-2-1-3-5-11/h1-5,7-8,10H,(H,18,19). The van der Waals surface area contributed by atoms with E-state index in [2.05, 4.69) is 33.1 Å². The Balaban J connectivity index is 2.06. The SMILES string of the molecule is O=C(C#Cc1ccccc1)Nc1ccc(F)c(Br)c1. The summed E-state index contributed by atoms with van der Waals surface area (Å²) in [5.41, 5.74) is 1.25. The smallest absolute Gasteiger partial charge is 0.300 e. The summed E-state index contributed by atoms with van der Waals surface area (Å²) in [6.45, 7) is 0. The molecule has 0 aromatic heterocycles. The average Bonchev–Trinajstić information content (AvgIpc) is 2.42. The predicted molar refractivity (Wildman–Crippen MR) is 76.0 cm³/mol. The van der Waals surface area contributed by atoms with Crippen LogP contribution in [-0.4, -0.2) is 5.91 Å². The van der Waals surface area contributed by atoms with Gasteiger partial charge in [-0.2, -0.15) is 0 Å². The highest BCUT2D eigenvalue weighted by atomic mass is 79.9. The highest BCUT2D eigenvalue weighted by molar-refractivity contribution is 9.10. The molecular formula is C15H9BrFNO. The van der Waals surface area contributed by atoms with Crippen LogP contribution in [0.25, 0.3) is 0 Å². The zero-order valence-electron chi connectivity index (χ0n) is 9.78. The second-order valence-electron chi connectivity index (χ2n) is 3.70. The monoisotopic (exact) mass is 317 g/mol. The van der Waals surface area contributed by atoms with Crippen molar-refractivity contribution in [2.75, 3.05) is 5.32 Å². The van der Waals surface area contributed by atoms with Crippen LogP contribution in [0.5, 0.6) is 0 Å². The van der Waals surface area contributed by atoms with E-state index in [1.165, 1.54) is 18.2 Å². The number of rotatable bonds is 1. The second-order valence-corrected chi connectivity index (χ2v) is 4.55. The van der Waals surface area contributed by atoms with Crippen LogP contribution in [0.2, 0.25) is 0 Å². The number of carbonyl (C=O) groups is 1. The van der Waals surface area contributed by atoms with Gasteiger partial charge < -0.3 is 5.32 Å². The van der Waals surface area contributed by atoms with Crippen LogP contribution in [0.1, 0.15) is 5.56 Å². The third-order valence-electron chi connectivity index (χ3n) is 2.27. The van der Waals surface area contributed by atoms with E-state index in [1.54, 1.807) is 0 Å². The first-order chi connectivity index (χ1) is 9.15. The molecule has 4 heteroatoms. The number of hydrogen-bond donors (Lipinski definition) is 1. The Kier molecular flexibility index (Phi) is 4.32. The molecule has 19 heavy (non-hydrogen) atoms. The lowest BCUT2D eigenvalue weighted by atomic mass is 10.2. The van der Waals surface area contributed by atoms with E-state index in [1.807, 2.05) is 30.3 Å². The van der Waals surface area contributed by atoms with Crippen LogP contribution in [0, 0.1) is 17.7 Å². The first-order valence-electron chi connectivity index (χ1n) is 5.48. The lowest BCUT2D eigenvalue weighted by Gasteiger charge is -2.01. The van der Waals surface area contributed by atoms with Gasteiger partial charge in [0.2, 0.25) is 0 Å². The molecule has 1 amide bonds. The van der Waals surface area contributed by atoms with Crippen molar-refractivity contribution in [2.24, 2.45) is 0 Å². The Hall–Kier alpha value is -2.12. The lowest BCUT2D eigenvalue weighted by molar-refractivity contribution is -0.111. The normalized spacial score (nSPS) is 9.37. The lowest BCUT2D eigenvalue weighted by Crippen LogP contribution is -2.08. The highest BCUT2D eigenvalue weighted by Gasteiger charge is 2.02. The molecule has 0 saturated heterocycles. The molecule has 0 aliphatic rings. The van der Waals surface area contributed by atoms with E-state index in [0.717, 1.165) is 5.56 Å². The fourth-order valence-corrected chi connectivity index (χ4v) is 1.77. The molecule has 94 valence electrons. The number of carbonyl (C=O) groups excluding carboxylic acids is 1. The summed E-state index contributed by atoms with van der Waals surface area (Å²) in [7, 11) is 0. The van der Waals surface area contributed by atoms with Gasteiger partial charge in [-0.3, -0.25) is 4.79 Å². The van der Waals surface area contributed by atoms with Crippen LogP contribution in [-0.2, 0) is 4.79 Å². The molecule has 2 rings (SSSR count). The van der Waals surface area contributed by atoms with Crippen LogP contribution in [0.3, 0.4) is 0 Å². The molecule has 0 atom stereocenters. The Labute approximate surface area is 118 Å². The zero-order valence-corrected chi connectivity index (χ0v) is 11.4. The third kappa shape index (κ3) is 3.94. The quantitative estimate of drug-likeness (QED) is 0.800. The zero-order chi connectivity index (χ0) is 13.7. The predicted octanol–water partition coefficient (Wildman–Crippen LogP) is 3.58. The highest BCUT2D eigenvalue weighted by Crippen LogP contribution is 2.19. The van der Waals surface area contributed by atoms with Crippen molar-refractivity contribution in [3.05, 3.63) is 64.4 Å². The van der Waals surface area contributed by atoms with Crippen molar-refractivity contribution >= 4 is 27.5 Å². The van der Waals surface area contributed by atoms with Crippen molar-refractivity contribution in [3.8, 4) is 11.8 Å². The van der Waals surface area contributed by atoms with Crippen LogP contribution in [0.4, 0.5) is 10.1 Å². The van der Waals surface area contributed by atoms with Crippen LogP contribution >= 0.6 is 15.9 Å². The molecule has 2 nitrogen and oxygen atoms in total. The molecule has 0 saturated carbocycles. The molecule has 0 radical (unpaired) electrons. The number of anilines is 1. The first-order valence-corrected chi connectivity index (χ1v) is 6.27. The van der Waals surface area contributed by atoms with E-state index in [-0.39, 0.29) is 5.82 Å². The van der Waals surface area contributed by atoms with Crippen molar-refractivity contribution in [1.82, 2.24) is 0 Å².